The van der Waals surface area contributed by atoms with Crippen LogP contribution in [0.3, 0.4) is 0 Å². The van der Waals surface area contributed by atoms with E-state index in [0.29, 0.717) is 16.7 Å². The van der Waals surface area contributed by atoms with Crippen LogP contribution in [-0.4, -0.2) is 49.3 Å². The van der Waals surface area contributed by atoms with Crippen molar-refractivity contribution in [2.24, 2.45) is 0 Å². The molecule has 0 saturated carbocycles. The minimum absolute atomic E-state index is 0.414. The van der Waals surface area contributed by atoms with E-state index >= 15 is 0 Å². The molecule has 0 bridgehead atoms. The third-order valence-electron chi connectivity index (χ3n) is 4.30. The Bertz CT molecular complexity index is 782. The van der Waals surface area contributed by atoms with Crippen LogP contribution in [0.25, 0.3) is 0 Å². The standard InChI is InChI=1S/C20H22Cl2N2O2S/c21-18-5-4-15(12-19(18)22)14-26-17-3-1-2-16(13-17)20(27)23-6-7-24-8-10-25-11-9-24/h1-5,12-13H,6-11,14H2,(H,23,27). The predicted molar refractivity (Wildman–Crippen MR) is 114 cm³/mol. The molecule has 1 heterocycles. The quantitative estimate of drug-likeness (QED) is 0.674. The highest BCUT2D eigenvalue weighted by Gasteiger charge is 2.10. The number of ether oxygens (including phenoxy) is 2. The number of nitrogens with zero attached hydrogens (tertiary/aromatic N) is 1. The molecule has 144 valence electrons. The molecule has 0 amide bonds. The number of halogens is 2. The van der Waals surface area contributed by atoms with Gasteiger partial charge >= 0.3 is 0 Å². The first kappa shape index (κ1) is 20.4. The lowest BCUT2D eigenvalue weighted by molar-refractivity contribution is 0.0389. The van der Waals surface area contributed by atoms with Crippen molar-refractivity contribution < 1.29 is 9.47 Å². The molecule has 0 aromatic heterocycles. The van der Waals surface area contributed by atoms with Crippen molar-refractivity contribution in [3.05, 3.63) is 63.6 Å². The van der Waals surface area contributed by atoms with Crippen LogP contribution in [0.2, 0.25) is 10.0 Å². The molecule has 0 aliphatic carbocycles. The van der Waals surface area contributed by atoms with Gasteiger partial charge in [-0.2, -0.15) is 0 Å². The smallest absolute Gasteiger partial charge is 0.120 e. The molecule has 0 atom stereocenters. The molecule has 2 aromatic carbocycles. The number of thiocarbonyl (C=S) groups is 1. The van der Waals surface area contributed by atoms with Crippen LogP contribution in [-0.2, 0) is 11.3 Å². The first-order valence-corrected chi connectivity index (χ1v) is 10.0. The number of nitrogens with one attached hydrogen (secondary N) is 1. The van der Waals surface area contributed by atoms with Gasteiger partial charge in [-0.15, -0.1) is 0 Å². The Balaban J connectivity index is 1.49. The van der Waals surface area contributed by atoms with Crippen molar-refractivity contribution in [1.29, 1.82) is 0 Å². The third kappa shape index (κ3) is 6.33. The lowest BCUT2D eigenvalue weighted by Crippen LogP contribution is -2.41. The van der Waals surface area contributed by atoms with Gasteiger partial charge in [0.05, 0.1) is 23.3 Å². The fraction of sp³-hybridized carbons (Fsp3) is 0.350. The summed E-state index contributed by atoms with van der Waals surface area (Å²) in [5, 5.41) is 4.39. The van der Waals surface area contributed by atoms with Gasteiger partial charge in [-0.1, -0.05) is 53.6 Å². The van der Waals surface area contributed by atoms with Crippen molar-refractivity contribution in [2.45, 2.75) is 6.61 Å². The van der Waals surface area contributed by atoms with E-state index in [1.165, 1.54) is 0 Å². The maximum Gasteiger partial charge on any atom is 0.120 e. The molecule has 2 aromatic rings. The monoisotopic (exact) mass is 424 g/mol. The van der Waals surface area contributed by atoms with Crippen molar-refractivity contribution in [2.75, 3.05) is 39.4 Å². The first-order chi connectivity index (χ1) is 13.1. The van der Waals surface area contributed by atoms with Gasteiger partial charge < -0.3 is 14.8 Å². The Morgan fingerprint density at radius 1 is 1.11 bits per heavy atom. The number of benzene rings is 2. The molecule has 1 N–H and O–H groups in total. The Morgan fingerprint density at radius 3 is 2.70 bits per heavy atom. The van der Waals surface area contributed by atoms with Crippen molar-refractivity contribution in [3.8, 4) is 5.75 Å². The molecule has 1 aliphatic heterocycles. The Kier molecular flexibility index (Phi) is 7.73. The van der Waals surface area contributed by atoms with Gasteiger partial charge in [0.1, 0.15) is 17.3 Å². The molecule has 0 radical (unpaired) electrons. The van der Waals surface area contributed by atoms with Crippen molar-refractivity contribution in [1.82, 2.24) is 10.2 Å². The lowest BCUT2D eigenvalue weighted by Gasteiger charge is -2.26. The molecule has 1 saturated heterocycles. The zero-order chi connectivity index (χ0) is 19.1. The third-order valence-corrected chi connectivity index (χ3v) is 5.42. The van der Waals surface area contributed by atoms with Crippen LogP contribution in [0.4, 0.5) is 0 Å². The average molecular weight is 425 g/mol. The fourth-order valence-corrected chi connectivity index (χ4v) is 3.33. The van der Waals surface area contributed by atoms with E-state index in [4.69, 9.17) is 44.9 Å². The molecule has 3 rings (SSSR count). The van der Waals surface area contributed by atoms with E-state index in [9.17, 15) is 0 Å². The first-order valence-electron chi connectivity index (χ1n) is 8.87. The van der Waals surface area contributed by atoms with Crippen molar-refractivity contribution >= 4 is 40.4 Å². The molecule has 1 fully saturated rings. The summed E-state index contributed by atoms with van der Waals surface area (Å²) >= 11 is 17.5. The maximum atomic E-state index is 6.04. The van der Waals surface area contributed by atoms with E-state index in [-0.39, 0.29) is 0 Å². The zero-order valence-electron chi connectivity index (χ0n) is 14.9. The molecule has 7 heteroatoms. The summed E-state index contributed by atoms with van der Waals surface area (Å²) in [7, 11) is 0. The lowest BCUT2D eigenvalue weighted by atomic mass is 10.2. The van der Waals surface area contributed by atoms with Crippen LogP contribution < -0.4 is 10.1 Å². The van der Waals surface area contributed by atoms with Gasteiger partial charge in [-0.05, 0) is 29.8 Å². The molecule has 0 unspecified atom stereocenters. The van der Waals surface area contributed by atoms with Gasteiger partial charge in [0.25, 0.3) is 0 Å². The summed E-state index contributed by atoms with van der Waals surface area (Å²) in [6.45, 7) is 5.76. The molecular formula is C20H22Cl2N2O2S. The molecule has 0 spiro atoms. The summed E-state index contributed by atoms with van der Waals surface area (Å²) in [6, 6.07) is 13.3. The summed E-state index contributed by atoms with van der Waals surface area (Å²) in [6.07, 6.45) is 0. The van der Waals surface area contributed by atoms with Gasteiger partial charge in [-0.3, -0.25) is 4.90 Å². The number of morpholine rings is 1. The van der Waals surface area contributed by atoms with E-state index in [1.807, 2.05) is 36.4 Å². The Labute approximate surface area is 175 Å². The normalized spacial score (nSPS) is 14.7. The number of rotatable bonds is 7. The Morgan fingerprint density at radius 2 is 1.93 bits per heavy atom. The van der Waals surface area contributed by atoms with Crippen molar-refractivity contribution in [3.63, 3.8) is 0 Å². The minimum atomic E-state index is 0.414. The number of hydrogen-bond acceptors (Lipinski definition) is 4. The second-order valence-corrected chi connectivity index (χ2v) is 7.50. The zero-order valence-corrected chi connectivity index (χ0v) is 17.2. The van der Waals surface area contributed by atoms with E-state index < -0.39 is 0 Å². The van der Waals surface area contributed by atoms with Gasteiger partial charge in [0.2, 0.25) is 0 Å². The summed E-state index contributed by atoms with van der Waals surface area (Å²) in [5.74, 6) is 0.760. The van der Waals surface area contributed by atoms with E-state index in [0.717, 1.165) is 61.3 Å². The molecular weight excluding hydrogens is 403 g/mol. The summed E-state index contributed by atoms with van der Waals surface area (Å²) < 4.78 is 11.2. The van der Waals surface area contributed by atoms with E-state index in [2.05, 4.69) is 10.2 Å². The van der Waals surface area contributed by atoms with Crippen LogP contribution in [0.15, 0.2) is 42.5 Å². The SMILES string of the molecule is S=C(NCCN1CCOCC1)c1cccc(OCc2ccc(Cl)c(Cl)c2)c1. The molecule has 1 aliphatic rings. The maximum absolute atomic E-state index is 6.04. The highest BCUT2D eigenvalue weighted by Crippen LogP contribution is 2.23. The predicted octanol–water partition coefficient (Wildman–Crippen LogP) is 4.17. The Hall–Kier alpha value is -1.37. The van der Waals surface area contributed by atoms with Gasteiger partial charge in [0.15, 0.2) is 0 Å². The summed E-state index contributed by atoms with van der Waals surface area (Å²) in [4.78, 5) is 3.10. The second kappa shape index (κ2) is 10.2. The highest BCUT2D eigenvalue weighted by molar-refractivity contribution is 7.80. The van der Waals surface area contributed by atoms with Crippen LogP contribution in [0.5, 0.6) is 5.75 Å². The summed E-state index contributed by atoms with van der Waals surface area (Å²) in [5.41, 5.74) is 1.90. The van der Waals surface area contributed by atoms with E-state index in [1.54, 1.807) is 6.07 Å². The second-order valence-electron chi connectivity index (χ2n) is 6.27. The topological polar surface area (TPSA) is 33.7 Å². The molecule has 27 heavy (non-hydrogen) atoms. The van der Waals surface area contributed by atoms with Crippen LogP contribution in [0, 0.1) is 0 Å². The number of hydrogen-bond donors (Lipinski definition) is 1. The van der Waals surface area contributed by atoms with Crippen LogP contribution in [0.1, 0.15) is 11.1 Å². The van der Waals surface area contributed by atoms with Gasteiger partial charge in [0, 0.05) is 31.7 Å². The average Bonchev–Trinajstić information content (AvgIpc) is 2.70. The van der Waals surface area contributed by atoms with Crippen LogP contribution >= 0.6 is 35.4 Å². The highest BCUT2D eigenvalue weighted by atomic mass is 35.5. The molecule has 4 nitrogen and oxygen atoms in total. The van der Waals surface area contributed by atoms with Gasteiger partial charge in [-0.25, -0.2) is 0 Å². The minimum Gasteiger partial charge on any atom is -0.489 e. The largest absolute Gasteiger partial charge is 0.489 e. The fourth-order valence-electron chi connectivity index (χ4n) is 2.78.